The standard InChI is InChI=1S/C45H46N7O7P/c1-54-36-20-16-34(17-21-36)45(33-14-7-4-8-15-33,35-18-22-37(55-2)23-19-35)56-29-39-38(59-60(57-27-11-24-46)51-25-9-10-26-51)28-40(58-39)52-31-49-41-42(47-30-48-43(41)52)50-44(53)32-12-5-3-6-13-32/h3-8,12-23,30-31,38-40H,9-11,25-29H2,1-2H3,(H,47,48,50,53)/t38-,39+,40+,60?/m0/s1. The van der Waals surface area contributed by atoms with Crippen LogP contribution in [-0.4, -0.2) is 82.8 Å². The molecule has 6 aromatic rings. The van der Waals surface area contributed by atoms with E-state index in [1.807, 2.05) is 77.4 Å². The number of imidazole rings is 1. The molecule has 308 valence electrons. The lowest BCUT2D eigenvalue weighted by Crippen LogP contribution is -2.38. The SMILES string of the molecule is COc1ccc(C(OC[C@H]2O[C@@H](n3cnc4c(NC(=O)c5ccccc5)ncnc43)C[C@@H]2OP(OCCC#N)N2CCCC2)(c2ccccc2)c2ccc(OC)cc2)cc1. The molecule has 1 unspecified atom stereocenters. The van der Waals surface area contributed by atoms with Gasteiger partial charge in [-0.15, -0.1) is 0 Å². The largest absolute Gasteiger partial charge is 0.497 e. The van der Waals surface area contributed by atoms with Gasteiger partial charge in [-0.1, -0.05) is 72.8 Å². The molecule has 14 nitrogen and oxygen atoms in total. The molecule has 0 spiro atoms. The summed E-state index contributed by atoms with van der Waals surface area (Å²) in [6.45, 7) is 2.03. The molecule has 0 bridgehead atoms. The first-order chi connectivity index (χ1) is 29.5. The lowest BCUT2D eigenvalue weighted by Gasteiger charge is -2.37. The predicted molar refractivity (Wildman–Crippen MR) is 225 cm³/mol. The second-order valence-corrected chi connectivity index (χ2v) is 15.8. The molecule has 15 heteroatoms. The van der Waals surface area contributed by atoms with Gasteiger partial charge in [0, 0.05) is 25.1 Å². The summed E-state index contributed by atoms with van der Waals surface area (Å²) < 4.78 is 42.7. The topological polar surface area (TPSA) is 155 Å². The molecule has 1 amide bonds. The van der Waals surface area contributed by atoms with Crippen molar-refractivity contribution < 1.29 is 32.8 Å². The fourth-order valence-corrected chi connectivity index (χ4v) is 9.33. The van der Waals surface area contributed by atoms with Gasteiger partial charge in [0.25, 0.3) is 14.4 Å². The number of carbonyl (C=O) groups excluding carboxylic acids is 1. The van der Waals surface area contributed by atoms with E-state index in [9.17, 15) is 10.1 Å². The highest BCUT2D eigenvalue weighted by molar-refractivity contribution is 7.44. The average Bonchev–Trinajstić information content (AvgIpc) is 4.09. The van der Waals surface area contributed by atoms with Crippen LogP contribution in [0, 0.1) is 11.3 Å². The third kappa shape index (κ3) is 8.74. The summed E-state index contributed by atoms with van der Waals surface area (Å²) >= 11 is 0. The van der Waals surface area contributed by atoms with Crippen molar-refractivity contribution in [3.8, 4) is 17.6 Å². The molecule has 0 aliphatic carbocycles. The fourth-order valence-electron chi connectivity index (χ4n) is 7.66. The Bertz CT molecular complexity index is 2330. The van der Waals surface area contributed by atoms with Crippen LogP contribution in [0.3, 0.4) is 0 Å². The number of nitrogens with one attached hydrogen (secondary N) is 1. The lowest BCUT2D eigenvalue weighted by atomic mass is 9.80. The number of hydrogen-bond donors (Lipinski definition) is 1. The maximum atomic E-state index is 13.1. The fraction of sp³-hybridized carbons (Fsp3) is 0.311. The number of hydrogen-bond acceptors (Lipinski definition) is 12. The highest BCUT2D eigenvalue weighted by Crippen LogP contribution is 2.50. The van der Waals surface area contributed by atoms with Crippen molar-refractivity contribution >= 4 is 31.4 Å². The number of methoxy groups -OCH3 is 2. The van der Waals surface area contributed by atoms with Crippen LogP contribution in [0.25, 0.3) is 11.2 Å². The maximum Gasteiger partial charge on any atom is 0.259 e. The number of nitriles is 1. The number of rotatable bonds is 17. The summed E-state index contributed by atoms with van der Waals surface area (Å²) in [4.78, 5) is 26.7. The molecule has 0 saturated carbocycles. The Balaban J connectivity index is 1.16. The Labute approximate surface area is 350 Å². The Morgan fingerprint density at radius 3 is 2.13 bits per heavy atom. The zero-order valence-electron chi connectivity index (χ0n) is 33.4. The molecule has 2 saturated heterocycles. The monoisotopic (exact) mass is 827 g/mol. The van der Waals surface area contributed by atoms with E-state index in [1.165, 1.54) is 6.33 Å². The summed E-state index contributed by atoms with van der Waals surface area (Å²) in [5.74, 6) is 1.41. The molecule has 8 rings (SSSR count). The molecule has 0 radical (unpaired) electrons. The number of aromatic nitrogens is 4. The van der Waals surface area contributed by atoms with Gasteiger partial charge in [-0.05, 0) is 65.9 Å². The minimum absolute atomic E-state index is 0.107. The first-order valence-corrected chi connectivity index (χ1v) is 21.0. The van der Waals surface area contributed by atoms with E-state index >= 15 is 0 Å². The second-order valence-electron chi connectivity index (χ2n) is 14.3. The number of benzene rings is 4. The van der Waals surface area contributed by atoms with Crippen LogP contribution in [0.15, 0.2) is 122 Å². The normalized spacial score (nSPS) is 18.6. The van der Waals surface area contributed by atoms with Gasteiger partial charge in [0.05, 0.1) is 52.4 Å². The average molecular weight is 828 g/mol. The molecule has 2 aliphatic heterocycles. The molecule has 2 fully saturated rings. The number of nitrogens with zero attached hydrogens (tertiary/aromatic N) is 6. The number of fused-ring (bicyclic) bond motifs is 1. The van der Waals surface area contributed by atoms with Gasteiger partial charge in [-0.25, -0.2) is 19.6 Å². The maximum absolute atomic E-state index is 13.1. The molecular formula is C45H46N7O7P. The molecule has 4 aromatic carbocycles. The highest BCUT2D eigenvalue weighted by atomic mass is 31.2. The number of anilines is 1. The van der Waals surface area contributed by atoms with E-state index < -0.39 is 32.6 Å². The summed E-state index contributed by atoms with van der Waals surface area (Å²) in [6, 6.07) is 37.0. The predicted octanol–water partition coefficient (Wildman–Crippen LogP) is 8.03. The van der Waals surface area contributed by atoms with Crippen LogP contribution in [0.2, 0.25) is 0 Å². The van der Waals surface area contributed by atoms with Gasteiger partial charge in [-0.2, -0.15) is 5.26 Å². The summed E-state index contributed by atoms with van der Waals surface area (Å²) in [6.07, 6.45) is 4.10. The number of ether oxygens (including phenoxy) is 4. The van der Waals surface area contributed by atoms with E-state index in [4.69, 9.17) is 28.0 Å². The summed E-state index contributed by atoms with van der Waals surface area (Å²) in [5.41, 5.74) is 2.98. The quantitative estimate of drug-likeness (QED) is 0.0538. The van der Waals surface area contributed by atoms with Gasteiger partial charge in [0.2, 0.25) is 0 Å². The van der Waals surface area contributed by atoms with E-state index in [2.05, 4.69) is 43.1 Å². The Morgan fingerprint density at radius 2 is 1.50 bits per heavy atom. The zero-order chi connectivity index (χ0) is 41.3. The van der Waals surface area contributed by atoms with E-state index in [1.54, 1.807) is 44.8 Å². The smallest absolute Gasteiger partial charge is 0.259 e. The van der Waals surface area contributed by atoms with E-state index in [-0.39, 0.29) is 31.4 Å². The Morgan fingerprint density at radius 1 is 0.867 bits per heavy atom. The van der Waals surface area contributed by atoms with Gasteiger partial charge >= 0.3 is 0 Å². The zero-order valence-corrected chi connectivity index (χ0v) is 34.3. The second kappa shape index (κ2) is 19.1. The van der Waals surface area contributed by atoms with Crippen LogP contribution < -0.4 is 14.8 Å². The van der Waals surface area contributed by atoms with Crippen molar-refractivity contribution in [1.29, 1.82) is 5.26 Å². The summed E-state index contributed by atoms with van der Waals surface area (Å²) in [7, 11) is 1.77. The van der Waals surface area contributed by atoms with Crippen molar-refractivity contribution in [2.24, 2.45) is 0 Å². The lowest BCUT2D eigenvalue weighted by molar-refractivity contribution is -0.0909. The van der Waals surface area contributed by atoms with Crippen molar-refractivity contribution in [3.05, 3.63) is 144 Å². The third-order valence-electron chi connectivity index (χ3n) is 10.7. The van der Waals surface area contributed by atoms with Crippen molar-refractivity contribution in [1.82, 2.24) is 24.2 Å². The van der Waals surface area contributed by atoms with E-state index in [0.717, 1.165) is 54.1 Å². The van der Waals surface area contributed by atoms with Crippen LogP contribution in [-0.2, 0) is 24.1 Å². The van der Waals surface area contributed by atoms with Gasteiger partial charge in [-0.3, -0.25) is 9.36 Å². The number of amides is 1. The van der Waals surface area contributed by atoms with Crippen LogP contribution in [0.5, 0.6) is 11.5 Å². The third-order valence-corrected chi connectivity index (χ3v) is 12.4. The van der Waals surface area contributed by atoms with Crippen molar-refractivity contribution in [3.63, 3.8) is 0 Å². The minimum Gasteiger partial charge on any atom is -0.497 e. The van der Waals surface area contributed by atoms with Crippen LogP contribution in [0.4, 0.5) is 5.82 Å². The minimum atomic E-state index is -1.52. The molecule has 60 heavy (non-hydrogen) atoms. The first kappa shape index (κ1) is 41.0. The molecule has 4 atom stereocenters. The van der Waals surface area contributed by atoms with Crippen molar-refractivity contribution in [2.45, 2.75) is 49.7 Å². The first-order valence-electron chi connectivity index (χ1n) is 19.9. The Hall–Kier alpha value is -5.78. The van der Waals surface area contributed by atoms with Gasteiger partial charge in [0.1, 0.15) is 35.8 Å². The summed E-state index contributed by atoms with van der Waals surface area (Å²) in [5, 5.41) is 12.2. The molecule has 4 heterocycles. The Kier molecular flexibility index (Phi) is 13.0. The molecule has 1 N–H and O–H groups in total. The molecular weight excluding hydrogens is 782 g/mol. The van der Waals surface area contributed by atoms with Crippen LogP contribution in [0.1, 0.15) is 59.0 Å². The van der Waals surface area contributed by atoms with Gasteiger partial charge < -0.3 is 33.3 Å². The van der Waals surface area contributed by atoms with Gasteiger partial charge in [0.15, 0.2) is 17.0 Å². The highest BCUT2D eigenvalue weighted by Gasteiger charge is 2.45. The van der Waals surface area contributed by atoms with E-state index in [0.29, 0.717) is 23.1 Å². The molecule has 2 aromatic heterocycles. The van der Waals surface area contributed by atoms with Crippen molar-refractivity contribution in [2.75, 3.05) is 45.8 Å². The van der Waals surface area contributed by atoms with Crippen LogP contribution >= 0.6 is 8.53 Å². The molecule has 2 aliphatic rings. The number of carbonyl (C=O) groups is 1.